The molecular weight excluding hydrogens is 508 g/mol. The number of esters is 1. The second-order valence-corrected chi connectivity index (χ2v) is 8.17. The molecule has 37 heavy (non-hydrogen) atoms. The first kappa shape index (κ1) is 26.5. The fraction of sp³-hybridized carbons (Fsp3) is 0.375. The molecule has 1 aliphatic heterocycles. The Hall–Kier alpha value is -3.61. The number of hydrogen-bond donors (Lipinski definition) is 0. The van der Waals surface area contributed by atoms with Crippen LogP contribution in [0.3, 0.4) is 0 Å². The molecule has 2 aromatic carbocycles. The molecule has 0 aliphatic carbocycles. The number of carbonyl (C=O) groups excluding carboxylic acids is 1. The highest BCUT2D eigenvalue weighted by atomic mass is 19.4. The number of carbonyl (C=O) groups is 1. The van der Waals surface area contributed by atoms with E-state index in [0.717, 1.165) is 12.1 Å². The van der Waals surface area contributed by atoms with Crippen LogP contribution in [0.2, 0.25) is 0 Å². The topological polar surface area (TPSA) is 75.5 Å². The molecule has 0 N–H and O–H groups in total. The lowest BCUT2D eigenvalue weighted by Gasteiger charge is -2.25. The van der Waals surface area contributed by atoms with Gasteiger partial charge in [-0.3, -0.25) is 9.36 Å². The maximum Gasteiger partial charge on any atom is 0.452 e. The zero-order chi connectivity index (χ0) is 27.1. The van der Waals surface area contributed by atoms with Crippen LogP contribution in [0.5, 0.6) is 5.75 Å². The van der Waals surface area contributed by atoms with Crippen molar-refractivity contribution in [3.63, 3.8) is 0 Å². The molecule has 2 atom stereocenters. The van der Waals surface area contributed by atoms with Crippen molar-refractivity contribution in [2.45, 2.75) is 44.8 Å². The van der Waals surface area contributed by atoms with Gasteiger partial charge in [0.1, 0.15) is 18.0 Å². The lowest BCUT2D eigenvalue weighted by molar-refractivity contribution is -0.147. The van der Waals surface area contributed by atoms with Crippen molar-refractivity contribution >= 4 is 5.97 Å². The molecule has 0 spiro atoms. The van der Waals surface area contributed by atoms with E-state index in [1.165, 1.54) is 7.11 Å². The Morgan fingerprint density at radius 2 is 1.78 bits per heavy atom. The van der Waals surface area contributed by atoms with Crippen LogP contribution in [-0.4, -0.2) is 34.5 Å². The first-order valence-electron chi connectivity index (χ1n) is 11.0. The molecule has 0 saturated carbocycles. The largest absolute Gasteiger partial charge is 0.496 e. The second kappa shape index (κ2) is 9.69. The lowest BCUT2D eigenvalue weighted by atomic mass is 9.94. The third kappa shape index (κ3) is 4.99. The lowest BCUT2D eigenvalue weighted by Crippen LogP contribution is -2.18. The summed E-state index contributed by atoms with van der Waals surface area (Å²) in [4.78, 5) is 12.4. The Balaban J connectivity index is 2.03. The molecule has 2 heterocycles. The van der Waals surface area contributed by atoms with Crippen LogP contribution >= 0.6 is 0 Å². The Morgan fingerprint density at radius 3 is 2.41 bits per heavy atom. The van der Waals surface area contributed by atoms with E-state index in [9.17, 15) is 31.1 Å². The van der Waals surface area contributed by atoms with E-state index < -0.39 is 54.2 Å². The predicted octanol–water partition coefficient (Wildman–Crippen LogP) is 5.74. The van der Waals surface area contributed by atoms with Crippen LogP contribution in [0.1, 0.15) is 59.5 Å². The number of halogens is 6. The summed E-state index contributed by atoms with van der Waals surface area (Å²) >= 11 is 0. The number of rotatable bonds is 5. The summed E-state index contributed by atoms with van der Waals surface area (Å²) in [6.45, 7) is 3.18. The summed E-state index contributed by atoms with van der Waals surface area (Å²) in [7, 11) is 1.40. The second-order valence-electron chi connectivity index (χ2n) is 8.17. The van der Waals surface area contributed by atoms with Gasteiger partial charge >= 0.3 is 18.3 Å². The third-order valence-electron chi connectivity index (χ3n) is 5.89. The van der Waals surface area contributed by atoms with Crippen molar-refractivity contribution in [1.82, 2.24) is 14.8 Å². The summed E-state index contributed by atoms with van der Waals surface area (Å²) in [6, 6.07) is 7.07. The van der Waals surface area contributed by atoms with Crippen molar-refractivity contribution in [1.29, 1.82) is 0 Å². The first-order valence-corrected chi connectivity index (χ1v) is 11.0. The van der Waals surface area contributed by atoms with Gasteiger partial charge in [-0.05, 0) is 49.2 Å². The van der Waals surface area contributed by atoms with Crippen LogP contribution in [0.25, 0.3) is 5.69 Å². The minimum atomic E-state index is -5.01. The standard InChI is InChI=1S/C24H21F6N3O4/c1-4-36-19(34)11-18-21-31-32-22(24(28,29)30)33(21)16-9-8-13(23(25,26)27)10-15(16)20(37-18)14-6-5-7-17(35-3)12(14)2/h5-10,18,20H,4,11H2,1-3H3/t18-,20-/m1/s1. The summed E-state index contributed by atoms with van der Waals surface area (Å²) in [5.74, 6) is -2.27. The third-order valence-corrected chi connectivity index (χ3v) is 5.89. The molecule has 13 heteroatoms. The number of aromatic nitrogens is 3. The molecular formula is C24H21F6N3O4. The number of methoxy groups -OCH3 is 1. The van der Waals surface area contributed by atoms with E-state index in [1.54, 1.807) is 32.0 Å². The van der Waals surface area contributed by atoms with Crippen molar-refractivity contribution in [2.24, 2.45) is 0 Å². The van der Waals surface area contributed by atoms with Gasteiger partial charge in [-0.2, -0.15) is 26.3 Å². The van der Waals surface area contributed by atoms with Crippen LogP contribution in [0.15, 0.2) is 36.4 Å². The Morgan fingerprint density at radius 1 is 1.05 bits per heavy atom. The molecule has 198 valence electrons. The molecule has 1 aliphatic rings. The number of nitrogens with zero attached hydrogens (tertiary/aromatic N) is 3. The summed E-state index contributed by atoms with van der Waals surface area (Å²) in [5, 5.41) is 6.89. The van der Waals surface area contributed by atoms with E-state index >= 15 is 0 Å². The number of fused-ring (bicyclic) bond motifs is 3. The summed E-state index contributed by atoms with van der Waals surface area (Å²) < 4.78 is 99.9. The quantitative estimate of drug-likeness (QED) is 0.310. The highest BCUT2D eigenvalue weighted by molar-refractivity contribution is 5.70. The van der Waals surface area contributed by atoms with E-state index in [4.69, 9.17) is 14.2 Å². The maximum atomic E-state index is 13.9. The average Bonchev–Trinajstić information content (AvgIpc) is 3.22. The SMILES string of the molecule is CCOC(=O)C[C@H]1O[C@H](c2cccc(OC)c2C)c2cc(C(F)(F)F)ccc2-n2c1nnc2C(F)(F)F. The molecule has 1 aromatic heterocycles. The molecule has 0 radical (unpaired) electrons. The maximum absolute atomic E-state index is 13.9. The molecule has 4 rings (SSSR count). The smallest absolute Gasteiger partial charge is 0.452 e. The highest BCUT2D eigenvalue weighted by Crippen LogP contribution is 2.46. The molecule has 0 unspecified atom stereocenters. The number of hydrogen-bond acceptors (Lipinski definition) is 6. The zero-order valence-electron chi connectivity index (χ0n) is 19.8. The fourth-order valence-electron chi connectivity index (χ4n) is 4.26. The fourth-order valence-corrected chi connectivity index (χ4v) is 4.26. The van der Waals surface area contributed by atoms with E-state index in [-0.39, 0.29) is 17.9 Å². The first-order chi connectivity index (χ1) is 17.4. The average molecular weight is 529 g/mol. The Kier molecular flexibility index (Phi) is 6.93. The van der Waals surface area contributed by atoms with E-state index in [1.807, 2.05) is 0 Å². The van der Waals surface area contributed by atoms with Crippen molar-refractivity contribution in [3.8, 4) is 11.4 Å². The number of alkyl halides is 6. The normalized spacial score (nSPS) is 17.5. The van der Waals surface area contributed by atoms with Crippen molar-refractivity contribution in [2.75, 3.05) is 13.7 Å². The van der Waals surface area contributed by atoms with Crippen LogP contribution in [0, 0.1) is 6.92 Å². The van der Waals surface area contributed by atoms with Gasteiger partial charge < -0.3 is 14.2 Å². The minimum absolute atomic E-state index is 0.000363. The van der Waals surface area contributed by atoms with Gasteiger partial charge in [0.15, 0.2) is 5.82 Å². The van der Waals surface area contributed by atoms with Crippen molar-refractivity contribution < 1.29 is 45.3 Å². The Labute approximate surface area is 207 Å². The minimum Gasteiger partial charge on any atom is -0.496 e. The van der Waals surface area contributed by atoms with Gasteiger partial charge in [0.25, 0.3) is 0 Å². The molecule has 0 amide bonds. The van der Waals surface area contributed by atoms with Crippen molar-refractivity contribution in [3.05, 3.63) is 70.3 Å². The molecule has 3 aromatic rings. The van der Waals surface area contributed by atoms with Gasteiger partial charge in [0, 0.05) is 5.56 Å². The summed E-state index contributed by atoms with van der Waals surface area (Å²) in [6.07, 6.45) is -13.1. The van der Waals surface area contributed by atoms with E-state index in [0.29, 0.717) is 27.5 Å². The van der Waals surface area contributed by atoms with Gasteiger partial charge in [-0.1, -0.05) is 12.1 Å². The number of benzene rings is 2. The van der Waals surface area contributed by atoms with Gasteiger partial charge in [0.05, 0.1) is 31.4 Å². The van der Waals surface area contributed by atoms with Crippen LogP contribution < -0.4 is 4.74 Å². The van der Waals surface area contributed by atoms with Crippen LogP contribution in [0.4, 0.5) is 26.3 Å². The summed E-state index contributed by atoms with van der Waals surface area (Å²) in [5.41, 5.74) is -0.751. The van der Waals surface area contributed by atoms with Gasteiger partial charge in [-0.15, -0.1) is 10.2 Å². The molecule has 0 saturated heterocycles. The van der Waals surface area contributed by atoms with E-state index in [2.05, 4.69) is 10.2 Å². The predicted molar refractivity (Wildman–Crippen MR) is 116 cm³/mol. The number of ether oxygens (including phenoxy) is 3. The molecule has 0 fully saturated rings. The highest BCUT2D eigenvalue weighted by Gasteiger charge is 2.44. The zero-order valence-corrected chi connectivity index (χ0v) is 19.8. The van der Waals surface area contributed by atoms with Gasteiger partial charge in [-0.25, -0.2) is 0 Å². The molecule has 7 nitrogen and oxygen atoms in total. The Bertz CT molecular complexity index is 1320. The van der Waals surface area contributed by atoms with Crippen LogP contribution in [-0.2, 0) is 26.6 Å². The monoisotopic (exact) mass is 529 g/mol. The van der Waals surface area contributed by atoms with Gasteiger partial charge in [0.2, 0.25) is 5.82 Å². The molecule has 0 bridgehead atoms.